The summed E-state index contributed by atoms with van der Waals surface area (Å²) in [6.07, 6.45) is 2.71. The third-order valence-corrected chi connectivity index (χ3v) is 3.28. The third kappa shape index (κ3) is 4.26. The van der Waals surface area contributed by atoms with Crippen molar-refractivity contribution in [1.29, 1.82) is 0 Å². The topological polar surface area (TPSA) is 61.6 Å². The lowest BCUT2D eigenvalue weighted by molar-refractivity contribution is -0.401. The summed E-state index contributed by atoms with van der Waals surface area (Å²) in [6.45, 7) is 4.15. The van der Waals surface area contributed by atoms with Gasteiger partial charge >= 0.3 is 0 Å². The van der Waals surface area contributed by atoms with E-state index < -0.39 is 4.92 Å². The molecule has 0 saturated carbocycles. The number of rotatable bonds is 7. The molecule has 5 nitrogen and oxygen atoms in total. The van der Waals surface area contributed by atoms with Gasteiger partial charge in [-0.2, -0.15) is 0 Å². The van der Waals surface area contributed by atoms with E-state index in [2.05, 4.69) is 13.8 Å². The Labute approximate surface area is 119 Å². The Kier molecular flexibility index (Phi) is 6.03. The second kappa shape index (κ2) is 7.53. The predicted molar refractivity (Wildman–Crippen MR) is 78.6 cm³/mol. The van der Waals surface area contributed by atoms with Crippen molar-refractivity contribution in [2.45, 2.75) is 26.7 Å². The van der Waals surface area contributed by atoms with Gasteiger partial charge in [0.25, 0.3) is 0 Å². The summed E-state index contributed by atoms with van der Waals surface area (Å²) in [5, 5.41) is 10.8. The summed E-state index contributed by atoms with van der Waals surface area (Å²) in [6, 6.07) is 5.36. The van der Waals surface area contributed by atoms with E-state index in [1.807, 2.05) is 6.07 Å². The smallest absolute Gasteiger partial charge is 0.238 e. The van der Waals surface area contributed by atoms with Crippen LogP contribution >= 0.6 is 0 Å². The van der Waals surface area contributed by atoms with Gasteiger partial charge in [0.05, 0.1) is 19.1 Å². The molecule has 1 atom stereocenters. The number of hydrogen-bond donors (Lipinski definition) is 0. The zero-order chi connectivity index (χ0) is 15.1. The fourth-order valence-electron chi connectivity index (χ4n) is 1.93. The van der Waals surface area contributed by atoms with Crippen LogP contribution in [0.25, 0.3) is 5.57 Å². The molecule has 0 aliphatic heterocycles. The highest BCUT2D eigenvalue weighted by atomic mass is 16.6. The molecule has 0 N–H and O–H groups in total. The molecule has 0 saturated heterocycles. The molecule has 110 valence electrons. The molecule has 0 radical (unpaired) electrons. The van der Waals surface area contributed by atoms with Crippen LogP contribution in [-0.4, -0.2) is 19.1 Å². The average Bonchev–Trinajstić information content (AvgIpc) is 2.45. The van der Waals surface area contributed by atoms with E-state index in [0.29, 0.717) is 29.4 Å². The Hall–Kier alpha value is -2.04. The van der Waals surface area contributed by atoms with E-state index in [1.165, 1.54) is 0 Å². The van der Waals surface area contributed by atoms with Crippen LogP contribution in [0.2, 0.25) is 0 Å². The quantitative estimate of drug-likeness (QED) is 0.563. The summed E-state index contributed by atoms with van der Waals surface area (Å²) in [4.78, 5) is 10.4. The van der Waals surface area contributed by atoms with Crippen molar-refractivity contribution in [2.75, 3.05) is 14.2 Å². The number of allylic oxidation sites excluding steroid dienone is 1. The number of nitrogens with zero attached hydrogens (tertiary/aromatic N) is 1. The van der Waals surface area contributed by atoms with Gasteiger partial charge in [-0.3, -0.25) is 10.1 Å². The van der Waals surface area contributed by atoms with Crippen LogP contribution < -0.4 is 9.47 Å². The normalized spacial score (nSPS) is 12.9. The summed E-state index contributed by atoms with van der Waals surface area (Å²) in [5.74, 6) is 1.57. The molecule has 0 bridgehead atoms. The van der Waals surface area contributed by atoms with E-state index >= 15 is 0 Å². The molecule has 1 rings (SSSR count). The lowest BCUT2D eigenvalue weighted by Gasteiger charge is -2.13. The molecular weight excluding hydrogens is 258 g/mol. The van der Waals surface area contributed by atoms with Crippen LogP contribution in [0.3, 0.4) is 0 Å². The summed E-state index contributed by atoms with van der Waals surface area (Å²) in [7, 11) is 3.11. The standard InChI is InChI=1S/C15H21NO4/c1-5-11(2)8-13(10-16(17)18)12-6-7-14(19-3)15(9-12)20-4/h6-7,9-11H,5,8H2,1-4H3/b13-10-. The van der Waals surface area contributed by atoms with Crippen molar-refractivity contribution in [3.63, 3.8) is 0 Å². The van der Waals surface area contributed by atoms with Gasteiger partial charge in [-0.25, -0.2) is 0 Å². The van der Waals surface area contributed by atoms with Crippen molar-refractivity contribution in [2.24, 2.45) is 5.92 Å². The van der Waals surface area contributed by atoms with Gasteiger partial charge in [-0.05, 0) is 30.0 Å². The van der Waals surface area contributed by atoms with Crippen LogP contribution in [0.1, 0.15) is 32.3 Å². The Balaban J connectivity index is 3.17. The first-order valence-electron chi connectivity index (χ1n) is 6.58. The van der Waals surface area contributed by atoms with Crippen molar-refractivity contribution in [3.05, 3.63) is 40.1 Å². The Morgan fingerprint density at radius 1 is 1.35 bits per heavy atom. The number of nitro groups is 1. The molecule has 1 unspecified atom stereocenters. The van der Waals surface area contributed by atoms with E-state index in [0.717, 1.165) is 18.2 Å². The third-order valence-electron chi connectivity index (χ3n) is 3.28. The maximum Gasteiger partial charge on any atom is 0.238 e. The maximum atomic E-state index is 10.8. The second-order valence-corrected chi connectivity index (χ2v) is 4.73. The van der Waals surface area contributed by atoms with Crippen molar-refractivity contribution in [1.82, 2.24) is 0 Å². The molecular formula is C15H21NO4. The minimum Gasteiger partial charge on any atom is -0.493 e. The number of benzene rings is 1. The minimum atomic E-state index is -0.408. The Bertz CT molecular complexity index is 497. The Morgan fingerprint density at radius 3 is 2.50 bits per heavy atom. The van der Waals surface area contributed by atoms with Gasteiger partial charge in [-0.15, -0.1) is 0 Å². The molecule has 0 aliphatic rings. The minimum absolute atomic E-state index is 0.384. The molecule has 0 fully saturated rings. The molecule has 0 spiro atoms. The van der Waals surface area contributed by atoms with Crippen LogP contribution in [0.15, 0.2) is 24.4 Å². The number of methoxy groups -OCH3 is 2. The van der Waals surface area contributed by atoms with Gasteiger partial charge in [0, 0.05) is 5.57 Å². The molecule has 0 aromatic heterocycles. The monoisotopic (exact) mass is 279 g/mol. The molecule has 0 amide bonds. The summed E-state index contributed by atoms with van der Waals surface area (Å²) in [5.41, 5.74) is 1.49. The Morgan fingerprint density at radius 2 is 2.00 bits per heavy atom. The molecule has 1 aromatic carbocycles. The fraction of sp³-hybridized carbons (Fsp3) is 0.467. The first-order valence-corrected chi connectivity index (χ1v) is 6.58. The zero-order valence-corrected chi connectivity index (χ0v) is 12.4. The molecule has 0 aliphatic carbocycles. The van der Waals surface area contributed by atoms with Crippen LogP contribution in [0, 0.1) is 16.0 Å². The molecule has 0 heterocycles. The van der Waals surface area contributed by atoms with Gasteiger partial charge < -0.3 is 9.47 Å². The van der Waals surface area contributed by atoms with E-state index in [4.69, 9.17) is 9.47 Å². The van der Waals surface area contributed by atoms with E-state index in [1.54, 1.807) is 26.4 Å². The molecule has 20 heavy (non-hydrogen) atoms. The van der Waals surface area contributed by atoms with Crippen LogP contribution in [0.5, 0.6) is 11.5 Å². The second-order valence-electron chi connectivity index (χ2n) is 4.73. The van der Waals surface area contributed by atoms with Crippen molar-refractivity contribution >= 4 is 5.57 Å². The predicted octanol–water partition coefficient (Wildman–Crippen LogP) is 3.76. The van der Waals surface area contributed by atoms with Gasteiger partial charge in [0.15, 0.2) is 11.5 Å². The maximum absolute atomic E-state index is 10.8. The number of hydrogen-bond acceptors (Lipinski definition) is 4. The summed E-state index contributed by atoms with van der Waals surface area (Å²) < 4.78 is 10.4. The first kappa shape index (κ1) is 16.0. The van der Waals surface area contributed by atoms with Gasteiger partial charge in [0.1, 0.15) is 0 Å². The highest BCUT2D eigenvalue weighted by Crippen LogP contribution is 2.32. The van der Waals surface area contributed by atoms with E-state index in [-0.39, 0.29) is 0 Å². The molecule has 5 heteroatoms. The number of ether oxygens (including phenoxy) is 2. The largest absolute Gasteiger partial charge is 0.493 e. The van der Waals surface area contributed by atoms with Crippen LogP contribution in [-0.2, 0) is 0 Å². The molecule has 1 aromatic rings. The highest BCUT2D eigenvalue weighted by molar-refractivity contribution is 5.67. The lowest BCUT2D eigenvalue weighted by Crippen LogP contribution is -1.99. The van der Waals surface area contributed by atoms with Crippen molar-refractivity contribution < 1.29 is 14.4 Å². The summed E-state index contributed by atoms with van der Waals surface area (Å²) >= 11 is 0. The zero-order valence-electron chi connectivity index (χ0n) is 12.4. The van der Waals surface area contributed by atoms with Crippen molar-refractivity contribution in [3.8, 4) is 11.5 Å². The van der Waals surface area contributed by atoms with Crippen LogP contribution in [0.4, 0.5) is 0 Å². The van der Waals surface area contributed by atoms with E-state index in [9.17, 15) is 10.1 Å². The first-order chi connectivity index (χ1) is 9.51. The van der Waals surface area contributed by atoms with Gasteiger partial charge in [-0.1, -0.05) is 26.3 Å². The van der Waals surface area contributed by atoms with Gasteiger partial charge in [0.2, 0.25) is 6.20 Å². The lowest BCUT2D eigenvalue weighted by atomic mass is 9.94. The highest BCUT2D eigenvalue weighted by Gasteiger charge is 2.13. The average molecular weight is 279 g/mol. The SMILES string of the molecule is CCC(C)C/C(=C/[N+](=O)[O-])c1ccc(OC)c(OC)c1. The fourth-order valence-corrected chi connectivity index (χ4v) is 1.93.